The number of esters is 4. The summed E-state index contributed by atoms with van der Waals surface area (Å²) in [6.07, 6.45) is 12.9. The van der Waals surface area contributed by atoms with E-state index in [-0.39, 0.29) is 74.7 Å². The summed E-state index contributed by atoms with van der Waals surface area (Å²) in [5.41, 5.74) is -1.59. The highest BCUT2D eigenvalue weighted by Gasteiger charge is 2.34. The summed E-state index contributed by atoms with van der Waals surface area (Å²) in [5, 5.41) is 0. The molecule has 2 aliphatic rings. The molecule has 0 aromatic rings. The molecule has 2 saturated carbocycles. The highest BCUT2D eigenvalue weighted by molar-refractivity contribution is 5.76. The minimum atomic E-state index is -0.479. The van der Waals surface area contributed by atoms with Crippen molar-refractivity contribution in [2.45, 2.75) is 150 Å². The second kappa shape index (κ2) is 20.1. The lowest BCUT2D eigenvalue weighted by molar-refractivity contribution is -0.170. The lowest BCUT2D eigenvalue weighted by atomic mass is 9.83. The number of carbonyl (C=O) groups excluding carboxylic acids is 4. The van der Waals surface area contributed by atoms with E-state index in [0.29, 0.717) is 0 Å². The van der Waals surface area contributed by atoms with Crippen LogP contribution in [0.15, 0.2) is 0 Å². The largest absolute Gasteiger partial charge is 0.463 e. The Balaban J connectivity index is 0.000000450. The topological polar surface area (TPSA) is 124 Å². The molecular weight excluding hydrogens is 580 g/mol. The summed E-state index contributed by atoms with van der Waals surface area (Å²) in [6, 6.07) is 0. The normalized spacial score (nSPS) is 17.7. The van der Waals surface area contributed by atoms with Crippen molar-refractivity contribution < 1.29 is 47.6 Å². The first-order valence-electron chi connectivity index (χ1n) is 17.1. The average Bonchev–Trinajstić information content (AvgIpc) is 3.01. The van der Waals surface area contributed by atoms with Crippen LogP contribution < -0.4 is 0 Å². The maximum absolute atomic E-state index is 11.9. The van der Waals surface area contributed by atoms with Gasteiger partial charge < -0.3 is 28.4 Å². The molecule has 0 amide bonds. The molecule has 0 aromatic carbocycles. The van der Waals surface area contributed by atoms with Crippen molar-refractivity contribution in [2.75, 3.05) is 39.6 Å². The maximum Gasteiger partial charge on any atom is 0.332 e. The summed E-state index contributed by atoms with van der Waals surface area (Å²) < 4.78 is 31.9. The second-order valence-electron chi connectivity index (χ2n) is 13.9. The quantitative estimate of drug-likeness (QED) is 0.0941. The molecule has 10 heteroatoms. The molecule has 0 bridgehead atoms. The van der Waals surface area contributed by atoms with Gasteiger partial charge in [0.1, 0.15) is 37.6 Å². The standard InChI is InChI=1S/C18H32O5.C17H30O5/c1-5-17(3,4)16(20)22-13-12-21-14-15(19)23-18(6-2)10-8-7-9-11-18;1-5-16(2,3)15(19)21-12-11-20-13-14(18)22-17(4)9-7-6-8-10-17/h5-14H2,1-4H3;5-13H2,1-4H3. The van der Waals surface area contributed by atoms with Crippen molar-refractivity contribution in [2.24, 2.45) is 10.8 Å². The van der Waals surface area contributed by atoms with Gasteiger partial charge in [-0.25, -0.2) is 9.59 Å². The van der Waals surface area contributed by atoms with Gasteiger partial charge in [0.2, 0.25) is 0 Å². The monoisotopic (exact) mass is 642 g/mol. The summed E-state index contributed by atoms with van der Waals surface area (Å²) in [5.74, 6) is -1.15. The minimum Gasteiger partial charge on any atom is -0.463 e. The Morgan fingerprint density at radius 3 is 1.38 bits per heavy atom. The first-order valence-corrected chi connectivity index (χ1v) is 17.1. The third-order valence-electron chi connectivity index (χ3n) is 9.25. The van der Waals surface area contributed by atoms with Crippen molar-refractivity contribution in [3.05, 3.63) is 0 Å². The van der Waals surface area contributed by atoms with Crippen LogP contribution in [-0.2, 0) is 47.6 Å². The Morgan fingerprint density at radius 2 is 0.978 bits per heavy atom. The molecule has 10 nitrogen and oxygen atoms in total. The molecule has 0 aliphatic heterocycles. The first-order chi connectivity index (χ1) is 21.1. The zero-order valence-electron chi connectivity index (χ0n) is 29.5. The van der Waals surface area contributed by atoms with Crippen LogP contribution in [0, 0.1) is 10.8 Å². The van der Waals surface area contributed by atoms with E-state index in [0.717, 1.165) is 70.6 Å². The molecule has 0 aromatic heterocycles. The molecule has 0 atom stereocenters. The third kappa shape index (κ3) is 15.8. The van der Waals surface area contributed by atoms with Crippen LogP contribution in [0.2, 0.25) is 0 Å². The average molecular weight is 643 g/mol. The Kier molecular flexibility index (Phi) is 18.3. The van der Waals surface area contributed by atoms with Gasteiger partial charge in [-0.2, -0.15) is 0 Å². The number of hydrogen-bond donors (Lipinski definition) is 0. The van der Waals surface area contributed by atoms with E-state index in [2.05, 4.69) is 6.92 Å². The number of ether oxygens (including phenoxy) is 6. The number of hydrogen-bond acceptors (Lipinski definition) is 10. The molecule has 0 spiro atoms. The maximum atomic E-state index is 11.9. The third-order valence-corrected chi connectivity index (χ3v) is 9.25. The highest BCUT2D eigenvalue weighted by atomic mass is 16.6. The van der Waals surface area contributed by atoms with Crippen LogP contribution in [0.1, 0.15) is 139 Å². The van der Waals surface area contributed by atoms with Crippen LogP contribution in [-0.4, -0.2) is 74.7 Å². The van der Waals surface area contributed by atoms with E-state index in [4.69, 9.17) is 28.4 Å². The molecule has 0 unspecified atom stereocenters. The lowest BCUT2D eigenvalue weighted by Crippen LogP contribution is -2.37. The predicted molar refractivity (Wildman–Crippen MR) is 171 cm³/mol. The molecule has 262 valence electrons. The molecule has 2 rings (SSSR count). The SMILES string of the molecule is CCC(C)(C)C(=O)OCCOCC(=O)OC1(C)CCCCC1.CCC1(OC(=O)COCCOC(=O)C(C)(C)CC)CCCCC1. The zero-order chi connectivity index (χ0) is 34.0. The smallest absolute Gasteiger partial charge is 0.332 e. The fourth-order valence-electron chi connectivity index (χ4n) is 5.08. The van der Waals surface area contributed by atoms with Gasteiger partial charge in [0.25, 0.3) is 0 Å². The van der Waals surface area contributed by atoms with E-state index in [1.807, 2.05) is 48.5 Å². The van der Waals surface area contributed by atoms with Gasteiger partial charge in [0.15, 0.2) is 0 Å². The molecule has 2 fully saturated rings. The minimum absolute atomic E-state index is 0.0868. The van der Waals surface area contributed by atoms with Gasteiger partial charge in [-0.1, -0.05) is 33.6 Å². The summed E-state index contributed by atoms with van der Waals surface area (Å²) in [7, 11) is 0. The summed E-state index contributed by atoms with van der Waals surface area (Å²) >= 11 is 0. The van der Waals surface area contributed by atoms with E-state index >= 15 is 0 Å². The molecule has 0 saturated heterocycles. The van der Waals surface area contributed by atoms with Crippen molar-refractivity contribution >= 4 is 23.9 Å². The molecule has 0 N–H and O–H groups in total. The second-order valence-corrected chi connectivity index (χ2v) is 13.9. The Hall–Kier alpha value is -2.20. The van der Waals surface area contributed by atoms with Gasteiger partial charge in [-0.15, -0.1) is 0 Å². The van der Waals surface area contributed by atoms with Gasteiger partial charge in [-0.05, 0) is 105 Å². The van der Waals surface area contributed by atoms with Crippen molar-refractivity contribution in [3.8, 4) is 0 Å². The first kappa shape index (κ1) is 40.8. The molecule has 0 heterocycles. The Morgan fingerprint density at radius 1 is 0.578 bits per heavy atom. The summed E-state index contributed by atoms with van der Waals surface area (Å²) in [6.45, 7) is 15.9. The molecular formula is C35H62O10. The van der Waals surface area contributed by atoms with Crippen molar-refractivity contribution in [1.29, 1.82) is 0 Å². The van der Waals surface area contributed by atoms with Crippen molar-refractivity contribution in [1.82, 2.24) is 0 Å². The number of carbonyl (C=O) groups is 4. The zero-order valence-corrected chi connectivity index (χ0v) is 29.5. The fraction of sp³-hybridized carbons (Fsp3) is 0.886. The Labute approximate surface area is 271 Å². The van der Waals surface area contributed by atoms with E-state index in [1.165, 1.54) is 12.8 Å². The Bertz CT molecular complexity index is 898. The van der Waals surface area contributed by atoms with Crippen LogP contribution in [0.5, 0.6) is 0 Å². The molecule has 2 aliphatic carbocycles. The van der Waals surface area contributed by atoms with Crippen LogP contribution >= 0.6 is 0 Å². The molecule has 45 heavy (non-hydrogen) atoms. The predicted octanol–water partition coefficient (Wildman–Crippen LogP) is 6.89. The summed E-state index contributed by atoms with van der Waals surface area (Å²) in [4.78, 5) is 47.2. The van der Waals surface area contributed by atoms with Gasteiger partial charge in [0, 0.05) is 0 Å². The number of rotatable bonds is 17. The van der Waals surface area contributed by atoms with E-state index in [9.17, 15) is 19.2 Å². The molecule has 0 radical (unpaired) electrons. The van der Waals surface area contributed by atoms with Gasteiger partial charge in [-0.3, -0.25) is 9.59 Å². The highest BCUT2D eigenvalue weighted by Crippen LogP contribution is 2.34. The van der Waals surface area contributed by atoms with Gasteiger partial charge >= 0.3 is 23.9 Å². The van der Waals surface area contributed by atoms with Crippen LogP contribution in [0.3, 0.4) is 0 Å². The van der Waals surface area contributed by atoms with Gasteiger partial charge in [0.05, 0.1) is 24.0 Å². The van der Waals surface area contributed by atoms with Crippen LogP contribution in [0.25, 0.3) is 0 Å². The lowest BCUT2D eigenvalue weighted by Gasteiger charge is -2.35. The van der Waals surface area contributed by atoms with Crippen molar-refractivity contribution in [3.63, 3.8) is 0 Å². The van der Waals surface area contributed by atoms with E-state index < -0.39 is 10.8 Å². The van der Waals surface area contributed by atoms with Crippen LogP contribution in [0.4, 0.5) is 0 Å². The fourth-order valence-corrected chi connectivity index (χ4v) is 5.08. The van der Waals surface area contributed by atoms with E-state index in [1.54, 1.807) is 0 Å².